The number of methoxy groups -OCH3 is 1. The third-order valence-electron chi connectivity index (χ3n) is 6.87. The lowest BCUT2D eigenvalue weighted by Gasteiger charge is -2.23. The highest BCUT2D eigenvalue weighted by atomic mass is 19.1. The zero-order valence-electron chi connectivity index (χ0n) is 19.0. The maximum Gasteiger partial charge on any atom is 0.251 e. The highest BCUT2D eigenvalue weighted by molar-refractivity contribution is 5.94. The number of carbonyl (C=O) groups excluding carboxylic acids is 1. The number of piperidine rings is 1. The van der Waals surface area contributed by atoms with E-state index in [4.69, 9.17) is 4.74 Å². The van der Waals surface area contributed by atoms with Crippen molar-refractivity contribution in [1.29, 1.82) is 0 Å². The van der Waals surface area contributed by atoms with Gasteiger partial charge in [0.1, 0.15) is 11.6 Å². The Balaban J connectivity index is 1.31. The van der Waals surface area contributed by atoms with Crippen molar-refractivity contribution in [1.82, 2.24) is 16.0 Å². The minimum absolute atomic E-state index is 0.0220. The second kappa shape index (κ2) is 10.5. The van der Waals surface area contributed by atoms with Crippen LogP contribution in [0.3, 0.4) is 0 Å². The molecule has 1 aliphatic carbocycles. The van der Waals surface area contributed by atoms with Crippen molar-refractivity contribution < 1.29 is 13.9 Å². The van der Waals surface area contributed by atoms with Crippen LogP contribution in [0, 0.1) is 5.82 Å². The largest absolute Gasteiger partial charge is 0.497 e. The summed E-state index contributed by atoms with van der Waals surface area (Å²) in [6.45, 7) is 4.00. The molecular formula is C26H34FN3O2. The molecule has 5 nitrogen and oxygen atoms in total. The van der Waals surface area contributed by atoms with Crippen molar-refractivity contribution in [2.75, 3.05) is 20.2 Å². The van der Waals surface area contributed by atoms with Gasteiger partial charge in [0.25, 0.3) is 5.91 Å². The molecule has 172 valence electrons. The van der Waals surface area contributed by atoms with Crippen LogP contribution < -0.4 is 20.7 Å². The van der Waals surface area contributed by atoms with Crippen molar-refractivity contribution >= 4 is 5.91 Å². The molecule has 2 aliphatic rings. The molecule has 4 rings (SSSR count). The van der Waals surface area contributed by atoms with E-state index in [0.29, 0.717) is 17.7 Å². The highest BCUT2D eigenvalue weighted by Crippen LogP contribution is 2.36. The molecule has 1 unspecified atom stereocenters. The van der Waals surface area contributed by atoms with E-state index in [0.717, 1.165) is 56.3 Å². The minimum Gasteiger partial charge on any atom is -0.497 e. The number of benzene rings is 2. The number of nitrogens with one attached hydrogen (secondary N) is 3. The molecule has 2 aromatic carbocycles. The smallest absolute Gasteiger partial charge is 0.251 e. The zero-order valence-corrected chi connectivity index (χ0v) is 19.0. The fourth-order valence-corrected chi connectivity index (χ4v) is 4.98. The summed E-state index contributed by atoms with van der Waals surface area (Å²) in [6, 6.07) is 13.7. The number of hydrogen-bond donors (Lipinski definition) is 3. The first-order valence-corrected chi connectivity index (χ1v) is 11.7. The number of carbonyl (C=O) groups is 1. The van der Waals surface area contributed by atoms with Gasteiger partial charge in [0.15, 0.2) is 0 Å². The third kappa shape index (κ3) is 5.67. The fourth-order valence-electron chi connectivity index (χ4n) is 4.98. The van der Waals surface area contributed by atoms with E-state index in [1.807, 2.05) is 18.2 Å². The standard InChI is InChI=1S/C26H34FN3O2/c1-17(21-13-22(27)16-25(15-21)32-2)29-24-8-7-20(14-24)18-3-5-19(6-4-18)26(31)30-23-9-11-28-12-10-23/h3-6,13,15-17,20,23-24,28-29H,7-12,14H2,1-2H3,(H,30,31)/t17-,20+,24?/m1/s1. The van der Waals surface area contributed by atoms with Crippen molar-refractivity contribution in [2.24, 2.45) is 0 Å². The molecule has 1 saturated carbocycles. The van der Waals surface area contributed by atoms with Gasteiger partial charge in [-0.25, -0.2) is 4.39 Å². The van der Waals surface area contributed by atoms with E-state index in [1.54, 1.807) is 13.2 Å². The van der Waals surface area contributed by atoms with Gasteiger partial charge in [0, 0.05) is 29.8 Å². The monoisotopic (exact) mass is 439 g/mol. The Hall–Kier alpha value is -2.44. The first-order valence-electron chi connectivity index (χ1n) is 11.7. The lowest BCUT2D eigenvalue weighted by Crippen LogP contribution is -2.42. The van der Waals surface area contributed by atoms with Crippen molar-refractivity contribution in [3.05, 3.63) is 65.0 Å². The molecule has 3 N–H and O–H groups in total. The van der Waals surface area contributed by atoms with Crippen LogP contribution in [0.1, 0.15) is 72.5 Å². The molecule has 32 heavy (non-hydrogen) atoms. The van der Waals surface area contributed by atoms with Gasteiger partial charge >= 0.3 is 0 Å². The molecule has 1 heterocycles. The summed E-state index contributed by atoms with van der Waals surface area (Å²) >= 11 is 0. The van der Waals surface area contributed by atoms with Gasteiger partial charge in [-0.2, -0.15) is 0 Å². The van der Waals surface area contributed by atoms with E-state index in [2.05, 4.69) is 35.0 Å². The van der Waals surface area contributed by atoms with Crippen LogP contribution in [0.25, 0.3) is 0 Å². The van der Waals surface area contributed by atoms with Crippen LogP contribution >= 0.6 is 0 Å². The summed E-state index contributed by atoms with van der Waals surface area (Å²) in [6.07, 6.45) is 5.20. The van der Waals surface area contributed by atoms with E-state index in [9.17, 15) is 9.18 Å². The van der Waals surface area contributed by atoms with E-state index in [-0.39, 0.29) is 23.8 Å². The first-order chi connectivity index (χ1) is 15.5. The predicted molar refractivity (Wildman–Crippen MR) is 125 cm³/mol. The van der Waals surface area contributed by atoms with Crippen LogP contribution in [0.5, 0.6) is 5.75 Å². The predicted octanol–water partition coefficient (Wildman–Crippen LogP) is 4.30. The van der Waals surface area contributed by atoms with Gasteiger partial charge in [0.2, 0.25) is 0 Å². The second-order valence-corrected chi connectivity index (χ2v) is 9.14. The maximum atomic E-state index is 13.9. The van der Waals surface area contributed by atoms with Crippen LogP contribution in [0.2, 0.25) is 0 Å². The number of halogens is 1. The molecule has 0 radical (unpaired) electrons. The second-order valence-electron chi connectivity index (χ2n) is 9.14. The van der Waals surface area contributed by atoms with Crippen LogP contribution in [0.4, 0.5) is 4.39 Å². The van der Waals surface area contributed by atoms with Gasteiger partial charge in [-0.15, -0.1) is 0 Å². The number of rotatable bonds is 7. The molecule has 1 amide bonds. The number of amides is 1. The molecule has 1 saturated heterocycles. The highest BCUT2D eigenvalue weighted by Gasteiger charge is 2.27. The average Bonchev–Trinajstić information content (AvgIpc) is 3.27. The maximum absolute atomic E-state index is 13.9. The summed E-state index contributed by atoms with van der Waals surface area (Å²) in [5, 5.41) is 10.1. The van der Waals surface area contributed by atoms with Gasteiger partial charge in [0.05, 0.1) is 7.11 Å². The Labute approximate surface area is 190 Å². The quantitative estimate of drug-likeness (QED) is 0.602. The zero-order chi connectivity index (χ0) is 22.5. The molecule has 0 spiro atoms. The normalized spacial score (nSPS) is 22.5. The van der Waals surface area contributed by atoms with Crippen molar-refractivity contribution in [3.8, 4) is 5.75 Å². The summed E-state index contributed by atoms with van der Waals surface area (Å²) in [4.78, 5) is 12.5. The Morgan fingerprint density at radius 3 is 2.53 bits per heavy atom. The average molecular weight is 440 g/mol. The molecule has 0 bridgehead atoms. The number of ether oxygens (including phenoxy) is 1. The summed E-state index contributed by atoms with van der Waals surface area (Å²) < 4.78 is 19.1. The van der Waals surface area contributed by atoms with Crippen molar-refractivity contribution in [2.45, 2.75) is 63.1 Å². The molecular weight excluding hydrogens is 405 g/mol. The molecule has 1 aliphatic heterocycles. The first kappa shape index (κ1) is 22.7. The van der Waals surface area contributed by atoms with Crippen LogP contribution in [-0.2, 0) is 0 Å². The molecule has 2 aromatic rings. The lowest BCUT2D eigenvalue weighted by molar-refractivity contribution is 0.0929. The van der Waals surface area contributed by atoms with E-state index in [1.165, 1.54) is 11.6 Å². The SMILES string of the molecule is COc1cc(F)cc([C@@H](C)NC2CC[C@H](c3ccc(C(=O)NC4CCNCC4)cc3)C2)c1. The van der Waals surface area contributed by atoms with E-state index < -0.39 is 0 Å². The lowest BCUT2D eigenvalue weighted by atomic mass is 9.96. The summed E-state index contributed by atoms with van der Waals surface area (Å²) in [5.74, 6) is 0.765. The third-order valence-corrected chi connectivity index (χ3v) is 6.87. The molecule has 6 heteroatoms. The fraction of sp³-hybridized carbons (Fsp3) is 0.500. The van der Waals surface area contributed by atoms with Crippen LogP contribution in [-0.4, -0.2) is 38.2 Å². The van der Waals surface area contributed by atoms with Gasteiger partial charge in [-0.3, -0.25) is 4.79 Å². The van der Waals surface area contributed by atoms with Gasteiger partial charge in [-0.05, 0) is 93.4 Å². The Morgan fingerprint density at radius 1 is 1.06 bits per heavy atom. The van der Waals surface area contributed by atoms with Crippen LogP contribution in [0.15, 0.2) is 42.5 Å². The van der Waals surface area contributed by atoms with E-state index >= 15 is 0 Å². The van der Waals surface area contributed by atoms with Gasteiger partial charge < -0.3 is 20.7 Å². The number of hydrogen-bond acceptors (Lipinski definition) is 4. The Morgan fingerprint density at radius 2 is 1.81 bits per heavy atom. The molecule has 0 aromatic heterocycles. The minimum atomic E-state index is -0.276. The summed E-state index contributed by atoms with van der Waals surface area (Å²) in [7, 11) is 1.56. The topological polar surface area (TPSA) is 62.4 Å². The Kier molecular flexibility index (Phi) is 7.43. The summed E-state index contributed by atoms with van der Waals surface area (Å²) in [5.41, 5.74) is 2.91. The Bertz CT molecular complexity index is 912. The van der Waals surface area contributed by atoms with Gasteiger partial charge in [-0.1, -0.05) is 12.1 Å². The van der Waals surface area contributed by atoms with Crippen molar-refractivity contribution in [3.63, 3.8) is 0 Å². The molecule has 3 atom stereocenters. The molecule has 2 fully saturated rings.